The van der Waals surface area contributed by atoms with Crippen LogP contribution >= 0.6 is 11.9 Å². The minimum Gasteiger partial charge on any atom is -0.362 e. The monoisotopic (exact) mass is 579 g/mol. The van der Waals surface area contributed by atoms with Gasteiger partial charge in [0.25, 0.3) is 0 Å². The number of rotatable bonds is 4. The average molecular weight is 580 g/mol. The van der Waals surface area contributed by atoms with Gasteiger partial charge in [-0.3, -0.25) is 20.5 Å². The summed E-state index contributed by atoms with van der Waals surface area (Å²) in [6.45, 7) is 18.6. The van der Waals surface area contributed by atoms with Crippen molar-refractivity contribution in [1.29, 1.82) is 0 Å². The van der Waals surface area contributed by atoms with Crippen molar-refractivity contribution in [2.24, 2.45) is 11.3 Å². The minimum atomic E-state index is -0.0258. The van der Waals surface area contributed by atoms with Gasteiger partial charge in [0.05, 0.1) is 12.3 Å². The lowest BCUT2D eigenvalue weighted by atomic mass is 9.85. The van der Waals surface area contributed by atoms with Gasteiger partial charge in [-0.2, -0.15) is 0 Å². The van der Waals surface area contributed by atoms with Gasteiger partial charge in [0.2, 0.25) is 0 Å². The largest absolute Gasteiger partial charge is 0.362 e. The molecule has 3 aliphatic rings. The van der Waals surface area contributed by atoms with Crippen molar-refractivity contribution < 1.29 is 4.74 Å². The van der Waals surface area contributed by atoms with E-state index in [0.29, 0.717) is 17.2 Å². The highest BCUT2D eigenvalue weighted by Gasteiger charge is 2.35. The summed E-state index contributed by atoms with van der Waals surface area (Å²) in [4.78, 5) is 7.71. The molecule has 6 nitrogen and oxygen atoms in total. The normalized spacial score (nSPS) is 30.2. The maximum atomic E-state index is 6.88. The third-order valence-electron chi connectivity index (χ3n) is 9.01. The number of aryl methyl sites for hydroxylation is 4. The zero-order valence-electron chi connectivity index (χ0n) is 26.4. The van der Waals surface area contributed by atoms with E-state index in [1.165, 1.54) is 53.6 Å². The molecule has 1 aliphatic carbocycles. The summed E-state index contributed by atoms with van der Waals surface area (Å²) >= 11 is 1.93. The van der Waals surface area contributed by atoms with E-state index >= 15 is 0 Å². The molecule has 41 heavy (non-hydrogen) atoms. The van der Waals surface area contributed by atoms with E-state index in [9.17, 15) is 0 Å². The van der Waals surface area contributed by atoms with Gasteiger partial charge < -0.3 is 4.74 Å². The molecule has 0 radical (unpaired) electrons. The van der Waals surface area contributed by atoms with Gasteiger partial charge in [0.1, 0.15) is 12.5 Å². The van der Waals surface area contributed by atoms with E-state index < -0.39 is 0 Å². The molecule has 1 aromatic carbocycles. The molecule has 7 heteroatoms. The van der Waals surface area contributed by atoms with Crippen LogP contribution in [0.5, 0.6) is 0 Å². The highest BCUT2D eigenvalue weighted by molar-refractivity contribution is 7.98. The summed E-state index contributed by atoms with van der Waals surface area (Å²) in [6.07, 6.45) is 7.13. The van der Waals surface area contributed by atoms with E-state index in [1.807, 2.05) is 11.9 Å². The molecule has 226 valence electrons. The van der Waals surface area contributed by atoms with Crippen molar-refractivity contribution in [3.05, 3.63) is 64.0 Å². The van der Waals surface area contributed by atoms with E-state index in [-0.39, 0.29) is 24.0 Å². The number of nitrogens with one attached hydrogen (secondary N) is 3. The van der Waals surface area contributed by atoms with Gasteiger partial charge in [-0.05, 0) is 99.1 Å². The second-order valence-corrected chi connectivity index (χ2v) is 15.3. The Morgan fingerprint density at radius 1 is 1.02 bits per heavy atom. The topological polar surface area (TPSA) is 61.5 Å². The van der Waals surface area contributed by atoms with Gasteiger partial charge >= 0.3 is 0 Å². The van der Waals surface area contributed by atoms with Crippen LogP contribution < -0.4 is 15.4 Å². The number of ether oxygens (including phenoxy) is 1. The van der Waals surface area contributed by atoms with Crippen LogP contribution in [0.25, 0.3) is 0 Å². The fraction of sp³-hybridized carbons (Fsp3) is 0.676. The fourth-order valence-corrected chi connectivity index (χ4v) is 8.46. The van der Waals surface area contributed by atoms with E-state index in [1.54, 1.807) is 0 Å². The Balaban J connectivity index is 1.45. The number of hydrogen-bond acceptors (Lipinski definition) is 7. The van der Waals surface area contributed by atoms with Crippen LogP contribution in [-0.4, -0.2) is 46.8 Å². The third-order valence-corrected chi connectivity index (χ3v) is 10.1. The summed E-state index contributed by atoms with van der Waals surface area (Å²) in [5.41, 5.74) is 7.90. The molecular formula is C34H53N5OS. The predicted octanol–water partition coefficient (Wildman–Crippen LogP) is 6.68. The van der Waals surface area contributed by atoms with Crippen molar-refractivity contribution >= 4 is 11.9 Å². The van der Waals surface area contributed by atoms with Crippen LogP contribution in [0.3, 0.4) is 0 Å². The first-order valence-electron chi connectivity index (χ1n) is 15.8. The van der Waals surface area contributed by atoms with Crippen molar-refractivity contribution in [3.63, 3.8) is 0 Å². The minimum absolute atomic E-state index is 0.000485. The Labute approximate surface area is 253 Å². The molecule has 0 amide bonds. The lowest BCUT2D eigenvalue weighted by Gasteiger charge is -2.41. The Hall–Kier alpha value is -1.48. The SMILES string of the molecule is Cc1cc(C)nc(CN2CC3CCCC(C3)SNC3NC(CC(c4c(C)cccc4C)N3)OC[C@H]2CC(C)(C)C)c1. The van der Waals surface area contributed by atoms with Gasteiger partial charge in [-0.25, -0.2) is 4.72 Å². The van der Waals surface area contributed by atoms with Crippen LogP contribution in [-0.2, 0) is 11.3 Å². The molecule has 3 N–H and O–H groups in total. The van der Waals surface area contributed by atoms with Crippen LogP contribution in [0, 0.1) is 39.0 Å². The molecule has 4 bridgehead atoms. The maximum absolute atomic E-state index is 6.88. The van der Waals surface area contributed by atoms with Gasteiger partial charge in [0.15, 0.2) is 0 Å². The molecule has 0 spiro atoms. The summed E-state index contributed by atoms with van der Waals surface area (Å²) in [5, 5.41) is 8.28. The van der Waals surface area contributed by atoms with E-state index in [4.69, 9.17) is 9.72 Å². The van der Waals surface area contributed by atoms with Gasteiger partial charge in [-0.1, -0.05) is 57.3 Å². The third kappa shape index (κ3) is 8.55. The number of aromatic nitrogens is 1. The van der Waals surface area contributed by atoms with E-state index in [2.05, 4.69) is 99.1 Å². The predicted molar refractivity (Wildman–Crippen MR) is 172 cm³/mol. The average Bonchev–Trinajstić information content (AvgIpc) is 2.88. The van der Waals surface area contributed by atoms with Crippen LogP contribution in [0.4, 0.5) is 0 Å². The number of nitrogens with zero attached hydrogens (tertiary/aromatic N) is 2. The van der Waals surface area contributed by atoms with Crippen LogP contribution in [0.1, 0.15) is 99.0 Å². The summed E-state index contributed by atoms with van der Waals surface area (Å²) in [6, 6.07) is 11.7. The lowest BCUT2D eigenvalue weighted by molar-refractivity contribution is -0.0515. The van der Waals surface area contributed by atoms with Crippen molar-refractivity contribution in [3.8, 4) is 0 Å². The number of hydrogen-bond donors (Lipinski definition) is 3. The summed E-state index contributed by atoms with van der Waals surface area (Å²) in [7, 11) is 0. The standard InChI is InChI=1S/C34H53N5OS/c1-22-14-25(4)35-27(15-22)20-39-19-26-12-9-13-29(16-26)41-38-33-36-30(32-23(2)10-8-11-24(32)3)17-31(37-33)40-21-28(39)18-34(5,6)7/h8,10-11,14-15,26,28-31,33,36-38H,9,12-13,16-21H2,1-7H3/t26?,28-,29?,30?,31?,33?/m1/s1. The Bertz CT molecular complexity index is 1130. The van der Waals surface area contributed by atoms with Gasteiger partial charge in [0, 0.05) is 42.5 Å². The highest BCUT2D eigenvalue weighted by atomic mass is 32.2. The summed E-state index contributed by atoms with van der Waals surface area (Å²) in [5.74, 6) is 0.694. The lowest BCUT2D eigenvalue weighted by Crippen LogP contribution is -2.61. The number of benzene rings is 1. The second-order valence-electron chi connectivity index (χ2n) is 14.2. The molecule has 5 unspecified atom stereocenters. The van der Waals surface area contributed by atoms with Crippen molar-refractivity contribution in [2.75, 3.05) is 13.2 Å². The second kappa shape index (κ2) is 13.4. The maximum Gasteiger partial charge on any atom is 0.123 e. The van der Waals surface area contributed by atoms with Crippen LogP contribution in [0.15, 0.2) is 30.3 Å². The molecule has 1 saturated carbocycles. The molecule has 6 atom stereocenters. The first-order chi connectivity index (χ1) is 19.5. The molecule has 3 heterocycles. The van der Waals surface area contributed by atoms with Gasteiger partial charge in [-0.15, -0.1) is 0 Å². The Morgan fingerprint density at radius 2 is 1.80 bits per heavy atom. The first-order valence-corrected chi connectivity index (χ1v) is 16.7. The zero-order valence-corrected chi connectivity index (χ0v) is 27.2. The highest BCUT2D eigenvalue weighted by Crippen LogP contribution is 2.35. The van der Waals surface area contributed by atoms with E-state index in [0.717, 1.165) is 38.2 Å². The summed E-state index contributed by atoms with van der Waals surface area (Å²) < 4.78 is 10.7. The smallest absolute Gasteiger partial charge is 0.123 e. The fourth-order valence-electron chi connectivity index (χ4n) is 7.34. The van der Waals surface area contributed by atoms with Crippen molar-refractivity contribution in [1.82, 2.24) is 25.2 Å². The molecule has 5 rings (SSSR count). The number of fused-ring (bicyclic) bond motifs is 4. The molecule has 1 aromatic heterocycles. The molecule has 3 fully saturated rings. The van der Waals surface area contributed by atoms with Crippen molar-refractivity contribution in [2.45, 2.75) is 123 Å². The molecule has 2 aliphatic heterocycles. The first kappa shape index (κ1) is 31.0. The van der Waals surface area contributed by atoms with Crippen LogP contribution in [0.2, 0.25) is 0 Å². The molecular weight excluding hydrogens is 526 g/mol. The number of pyridine rings is 1. The zero-order chi connectivity index (χ0) is 29.1. The Kier molecular flexibility index (Phi) is 10.1. The molecule has 2 aromatic rings. The molecule has 2 saturated heterocycles. The quantitative estimate of drug-likeness (QED) is 0.349. The Morgan fingerprint density at radius 3 is 2.54 bits per heavy atom.